The van der Waals surface area contributed by atoms with Gasteiger partial charge in [-0.2, -0.15) is 15.3 Å². The first-order chi connectivity index (χ1) is 18.9. The van der Waals surface area contributed by atoms with E-state index in [-0.39, 0.29) is 17.0 Å². The maximum atomic E-state index is 13.2. The van der Waals surface area contributed by atoms with Crippen LogP contribution in [0.5, 0.6) is 5.75 Å². The fourth-order valence-electron chi connectivity index (χ4n) is 4.20. The number of hydrogen-bond acceptors (Lipinski definition) is 6. The molecular formula is C32H27N5O2. The Hall–Kier alpha value is -5.17. The quantitative estimate of drug-likeness (QED) is 0.221. The third kappa shape index (κ3) is 5.57. The van der Waals surface area contributed by atoms with Crippen LogP contribution in [0, 0.1) is 20.8 Å². The lowest BCUT2D eigenvalue weighted by atomic mass is 10.0. The van der Waals surface area contributed by atoms with Crippen LogP contribution in [-0.2, 0) is 0 Å². The predicted octanol–water partition coefficient (Wildman–Crippen LogP) is 9.55. The van der Waals surface area contributed by atoms with Crippen LogP contribution in [0.25, 0.3) is 10.8 Å². The molecule has 1 amide bonds. The van der Waals surface area contributed by atoms with Gasteiger partial charge in [0.15, 0.2) is 5.75 Å². The summed E-state index contributed by atoms with van der Waals surface area (Å²) in [7, 11) is 0. The largest absolute Gasteiger partial charge is 0.505 e. The van der Waals surface area contributed by atoms with Crippen LogP contribution in [0.15, 0.2) is 118 Å². The molecule has 0 saturated carbocycles. The van der Waals surface area contributed by atoms with Crippen LogP contribution < -0.4 is 5.32 Å². The van der Waals surface area contributed by atoms with Gasteiger partial charge in [-0.1, -0.05) is 60.7 Å². The van der Waals surface area contributed by atoms with E-state index in [4.69, 9.17) is 0 Å². The number of fused-ring (bicyclic) bond motifs is 1. The number of aryl methyl sites for hydroxylation is 3. The average Bonchev–Trinajstić information content (AvgIpc) is 2.94. The molecule has 7 heteroatoms. The lowest BCUT2D eigenvalue weighted by molar-refractivity contribution is 0.102. The van der Waals surface area contributed by atoms with Crippen LogP contribution in [0.3, 0.4) is 0 Å². The normalized spacial score (nSPS) is 11.5. The maximum absolute atomic E-state index is 13.2. The summed E-state index contributed by atoms with van der Waals surface area (Å²) in [5.41, 5.74) is 5.95. The number of rotatable bonds is 6. The van der Waals surface area contributed by atoms with E-state index in [0.29, 0.717) is 22.4 Å². The highest BCUT2D eigenvalue weighted by atomic mass is 16.3. The number of nitrogens with zero attached hydrogens (tertiary/aromatic N) is 4. The van der Waals surface area contributed by atoms with E-state index >= 15 is 0 Å². The number of phenolic OH excluding ortho intramolecular Hbond substituents is 1. The highest BCUT2D eigenvalue weighted by Crippen LogP contribution is 2.40. The van der Waals surface area contributed by atoms with Crippen molar-refractivity contribution in [2.75, 3.05) is 5.32 Å². The summed E-state index contributed by atoms with van der Waals surface area (Å²) < 4.78 is 0. The minimum absolute atomic E-state index is 0.120. The van der Waals surface area contributed by atoms with E-state index < -0.39 is 5.91 Å². The van der Waals surface area contributed by atoms with Crippen LogP contribution in [0.2, 0.25) is 0 Å². The molecule has 0 heterocycles. The molecule has 0 atom stereocenters. The van der Waals surface area contributed by atoms with Crippen molar-refractivity contribution in [3.63, 3.8) is 0 Å². The second kappa shape index (κ2) is 11.1. The number of benzene rings is 5. The Morgan fingerprint density at radius 1 is 0.667 bits per heavy atom. The molecule has 0 aliphatic heterocycles. The Morgan fingerprint density at radius 3 is 2.10 bits per heavy atom. The Balaban J connectivity index is 1.46. The molecule has 0 fully saturated rings. The Morgan fingerprint density at radius 2 is 1.33 bits per heavy atom. The van der Waals surface area contributed by atoms with Gasteiger partial charge in [0.2, 0.25) is 0 Å². The second-order valence-corrected chi connectivity index (χ2v) is 9.27. The Bertz CT molecular complexity index is 1760. The van der Waals surface area contributed by atoms with Gasteiger partial charge >= 0.3 is 0 Å². The van der Waals surface area contributed by atoms with E-state index in [1.807, 2.05) is 106 Å². The molecule has 0 aliphatic rings. The summed E-state index contributed by atoms with van der Waals surface area (Å²) in [6, 6.07) is 29.9. The van der Waals surface area contributed by atoms with Crippen molar-refractivity contribution < 1.29 is 9.90 Å². The SMILES string of the molecule is Cc1ccccc1N=Nc1ccc(N=Nc2c(O)c(C(=O)Nc3ccccc3C)cc3ccccc23)c(C)c1. The number of azo groups is 2. The van der Waals surface area contributed by atoms with Crippen molar-refractivity contribution >= 4 is 45.1 Å². The van der Waals surface area contributed by atoms with E-state index in [0.717, 1.165) is 27.8 Å². The molecule has 192 valence electrons. The first-order valence-electron chi connectivity index (χ1n) is 12.5. The molecule has 0 unspecified atom stereocenters. The third-order valence-electron chi connectivity index (χ3n) is 6.46. The number of amides is 1. The molecule has 5 rings (SSSR count). The fourth-order valence-corrected chi connectivity index (χ4v) is 4.20. The standard InChI is InChI=1S/C32H27N5O2/c1-20-10-4-8-14-27(20)33-32(39)26-19-23-12-6-7-13-25(23)30(31(26)38)37-36-29-17-16-24(18-22(29)3)34-35-28-15-9-5-11-21(28)2/h4-19,38H,1-3H3,(H,33,39). The zero-order valence-electron chi connectivity index (χ0n) is 21.9. The van der Waals surface area contributed by atoms with Gasteiger partial charge in [0.25, 0.3) is 5.91 Å². The first-order valence-corrected chi connectivity index (χ1v) is 12.5. The van der Waals surface area contributed by atoms with Crippen LogP contribution in [0.4, 0.5) is 28.4 Å². The highest BCUT2D eigenvalue weighted by Gasteiger charge is 2.19. The molecule has 7 nitrogen and oxygen atoms in total. The molecular weight excluding hydrogens is 486 g/mol. The summed E-state index contributed by atoms with van der Waals surface area (Å²) in [4.78, 5) is 13.2. The first kappa shape index (κ1) is 25.5. The zero-order chi connectivity index (χ0) is 27.4. The molecule has 2 N–H and O–H groups in total. The summed E-state index contributed by atoms with van der Waals surface area (Å²) in [5, 5.41) is 33.0. The number of carbonyl (C=O) groups is 1. The fraction of sp³-hybridized carbons (Fsp3) is 0.0938. The summed E-state index contributed by atoms with van der Waals surface area (Å²) >= 11 is 0. The number of carbonyl (C=O) groups excluding carboxylic acids is 1. The van der Waals surface area contributed by atoms with Crippen molar-refractivity contribution in [2.45, 2.75) is 20.8 Å². The minimum Gasteiger partial charge on any atom is -0.505 e. The number of aromatic hydroxyl groups is 1. The van der Waals surface area contributed by atoms with E-state index in [1.165, 1.54) is 0 Å². The van der Waals surface area contributed by atoms with E-state index in [1.54, 1.807) is 12.1 Å². The molecule has 39 heavy (non-hydrogen) atoms. The third-order valence-corrected chi connectivity index (χ3v) is 6.46. The molecule has 0 aliphatic carbocycles. The summed E-state index contributed by atoms with van der Waals surface area (Å²) in [5.74, 6) is -0.659. The van der Waals surface area contributed by atoms with Gasteiger partial charge in [-0.25, -0.2) is 0 Å². The van der Waals surface area contributed by atoms with Crippen LogP contribution >= 0.6 is 0 Å². The van der Waals surface area contributed by atoms with Gasteiger partial charge < -0.3 is 10.4 Å². The molecule has 0 bridgehead atoms. The van der Waals surface area contributed by atoms with Crippen LogP contribution in [0.1, 0.15) is 27.0 Å². The second-order valence-electron chi connectivity index (χ2n) is 9.27. The highest BCUT2D eigenvalue weighted by molar-refractivity contribution is 6.12. The predicted molar refractivity (Wildman–Crippen MR) is 155 cm³/mol. The Kier molecular flexibility index (Phi) is 7.23. The number of anilines is 1. The van der Waals surface area contributed by atoms with Gasteiger partial charge in [-0.05, 0) is 79.2 Å². The van der Waals surface area contributed by atoms with Gasteiger partial charge in [0.1, 0.15) is 5.69 Å². The number of phenols is 1. The maximum Gasteiger partial charge on any atom is 0.259 e. The topological polar surface area (TPSA) is 98.8 Å². The van der Waals surface area contributed by atoms with Crippen LogP contribution in [-0.4, -0.2) is 11.0 Å². The lowest BCUT2D eigenvalue weighted by Crippen LogP contribution is -2.13. The van der Waals surface area contributed by atoms with Gasteiger partial charge in [-0.15, -0.1) is 5.11 Å². The summed E-state index contributed by atoms with van der Waals surface area (Å²) in [6.45, 7) is 5.81. The molecule has 0 spiro atoms. The smallest absolute Gasteiger partial charge is 0.259 e. The molecule has 0 radical (unpaired) electrons. The lowest BCUT2D eigenvalue weighted by Gasteiger charge is -2.12. The van der Waals surface area contributed by atoms with Crippen molar-refractivity contribution in [2.24, 2.45) is 20.5 Å². The number of para-hydroxylation sites is 1. The minimum atomic E-state index is -0.427. The van der Waals surface area contributed by atoms with Gasteiger partial charge in [0, 0.05) is 11.1 Å². The van der Waals surface area contributed by atoms with Gasteiger partial charge in [0.05, 0.1) is 22.6 Å². The van der Waals surface area contributed by atoms with E-state index in [2.05, 4.69) is 25.8 Å². The van der Waals surface area contributed by atoms with Gasteiger partial charge in [-0.3, -0.25) is 4.79 Å². The molecule has 5 aromatic rings. The average molecular weight is 514 g/mol. The van der Waals surface area contributed by atoms with Crippen molar-refractivity contribution in [3.05, 3.63) is 119 Å². The number of nitrogens with one attached hydrogen (secondary N) is 1. The molecule has 0 aromatic heterocycles. The van der Waals surface area contributed by atoms with Crippen molar-refractivity contribution in [3.8, 4) is 5.75 Å². The number of hydrogen-bond donors (Lipinski definition) is 2. The van der Waals surface area contributed by atoms with Crippen molar-refractivity contribution in [1.82, 2.24) is 0 Å². The molecule has 0 saturated heterocycles. The van der Waals surface area contributed by atoms with Crippen molar-refractivity contribution in [1.29, 1.82) is 0 Å². The zero-order valence-corrected chi connectivity index (χ0v) is 21.9. The summed E-state index contributed by atoms with van der Waals surface area (Å²) in [6.07, 6.45) is 0. The molecule has 5 aromatic carbocycles. The van der Waals surface area contributed by atoms with E-state index in [9.17, 15) is 9.90 Å². The Labute approximate surface area is 226 Å². The monoisotopic (exact) mass is 513 g/mol.